The number of nitrogens with one attached hydrogen (secondary N) is 1. The summed E-state index contributed by atoms with van der Waals surface area (Å²) in [6.45, 7) is 6.81. The van der Waals surface area contributed by atoms with Crippen LogP contribution in [0.1, 0.15) is 25.5 Å². The molecule has 3 nitrogen and oxygen atoms in total. The zero-order valence-electron chi connectivity index (χ0n) is 12.0. The zero-order chi connectivity index (χ0) is 14.8. The summed E-state index contributed by atoms with van der Waals surface area (Å²) in [7, 11) is 0. The van der Waals surface area contributed by atoms with E-state index in [2.05, 4.69) is 10.2 Å². The molecular formula is C15H22F2N2O. The summed E-state index contributed by atoms with van der Waals surface area (Å²) >= 11 is 0. The molecule has 1 fully saturated rings. The van der Waals surface area contributed by atoms with Crippen molar-refractivity contribution in [2.24, 2.45) is 5.41 Å². The van der Waals surface area contributed by atoms with E-state index in [1.165, 1.54) is 6.07 Å². The van der Waals surface area contributed by atoms with Gasteiger partial charge in [-0.15, -0.1) is 0 Å². The molecule has 1 atom stereocenters. The molecule has 1 aliphatic rings. The molecular weight excluding hydrogens is 262 g/mol. The average molecular weight is 284 g/mol. The number of aliphatic hydroxyl groups is 1. The molecule has 1 aromatic carbocycles. The van der Waals surface area contributed by atoms with Gasteiger partial charge in [0.2, 0.25) is 0 Å². The van der Waals surface area contributed by atoms with E-state index >= 15 is 0 Å². The van der Waals surface area contributed by atoms with Crippen molar-refractivity contribution in [1.82, 2.24) is 10.2 Å². The summed E-state index contributed by atoms with van der Waals surface area (Å²) in [5.74, 6) is -0.869. The van der Waals surface area contributed by atoms with Gasteiger partial charge in [0.15, 0.2) is 0 Å². The van der Waals surface area contributed by atoms with E-state index in [1.807, 2.05) is 13.8 Å². The van der Waals surface area contributed by atoms with E-state index in [0.717, 1.165) is 38.3 Å². The Morgan fingerprint density at radius 3 is 2.55 bits per heavy atom. The van der Waals surface area contributed by atoms with Gasteiger partial charge in [-0.05, 0) is 18.2 Å². The van der Waals surface area contributed by atoms with Crippen LogP contribution in [0.5, 0.6) is 0 Å². The predicted molar refractivity (Wildman–Crippen MR) is 74.4 cm³/mol. The Balaban J connectivity index is 2.42. The van der Waals surface area contributed by atoms with Gasteiger partial charge in [0, 0.05) is 49.8 Å². The molecule has 0 saturated carbocycles. The molecule has 0 spiro atoms. The first-order valence-electron chi connectivity index (χ1n) is 6.96. The van der Waals surface area contributed by atoms with Crippen LogP contribution in [0.15, 0.2) is 18.2 Å². The topological polar surface area (TPSA) is 35.5 Å². The summed E-state index contributed by atoms with van der Waals surface area (Å²) in [4.78, 5) is 2.12. The maximum atomic E-state index is 14.2. The predicted octanol–water partition coefficient (Wildman–Crippen LogP) is 1.93. The summed E-state index contributed by atoms with van der Waals surface area (Å²) in [5, 5.41) is 12.9. The summed E-state index contributed by atoms with van der Waals surface area (Å²) < 4.78 is 27.7. The summed E-state index contributed by atoms with van der Waals surface area (Å²) in [5.41, 5.74) is -0.225. The van der Waals surface area contributed by atoms with Crippen LogP contribution in [0.4, 0.5) is 8.78 Å². The molecule has 0 bridgehead atoms. The van der Waals surface area contributed by atoms with E-state index in [9.17, 15) is 13.9 Å². The Morgan fingerprint density at radius 1 is 1.30 bits per heavy atom. The molecule has 0 aliphatic carbocycles. The van der Waals surface area contributed by atoms with Gasteiger partial charge >= 0.3 is 0 Å². The standard InChI is InChI=1S/C15H22F2N2O/c1-15(2,10-20)14(19-7-5-18-6-8-19)12-9-11(16)3-4-13(12)17/h3-4,9,14,18,20H,5-8,10H2,1-2H3/t14-/m1/s1. The number of nitrogens with zero attached hydrogens (tertiary/aromatic N) is 1. The molecule has 0 unspecified atom stereocenters. The monoisotopic (exact) mass is 284 g/mol. The molecule has 5 heteroatoms. The van der Waals surface area contributed by atoms with Crippen molar-refractivity contribution in [3.05, 3.63) is 35.4 Å². The van der Waals surface area contributed by atoms with Crippen molar-refractivity contribution in [3.63, 3.8) is 0 Å². The second-order valence-electron chi connectivity index (χ2n) is 6.00. The van der Waals surface area contributed by atoms with Gasteiger partial charge in [0.05, 0.1) is 0 Å². The number of aliphatic hydroxyl groups excluding tert-OH is 1. The number of hydrogen-bond acceptors (Lipinski definition) is 3. The second-order valence-corrected chi connectivity index (χ2v) is 6.00. The lowest BCUT2D eigenvalue weighted by Gasteiger charge is -2.43. The minimum atomic E-state index is -0.550. The van der Waals surface area contributed by atoms with Gasteiger partial charge in [-0.3, -0.25) is 4.90 Å². The van der Waals surface area contributed by atoms with Crippen LogP contribution in [0.2, 0.25) is 0 Å². The molecule has 0 aromatic heterocycles. The van der Waals surface area contributed by atoms with Crippen LogP contribution in [-0.4, -0.2) is 42.8 Å². The molecule has 2 rings (SSSR count). The lowest BCUT2D eigenvalue weighted by Crippen LogP contribution is -2.49. The Morgan fingerprint density at radius 2 is 1.95 bits per heavy atom. The van der Waals surface area contributed by atoms with Gasteiger partial charge in [-0.25, -0.2) is 8.78 Å². The lowest BCUT2D eigenvalue weighted by molar-refractivity contribution is 0.0285. The van der Waals surface area contributed by atoms with Crippen molar-refractivity contribution < 1.29 is 13.9 Å². The van der Waals surface area contributed by atoms with Crippen LogP contribution in [0.3, 0.4) is 0 Å². The highest BCUT2D eigenvalue weighted by Gasteiger charge is 2.37. The fraction of sp³-hybridized carbons (Fsp3) is 0.600. The highest BCUT2D eigenvalue weighted by molar-refractivity contribution is 5.24. The van der Waals surface area contributed by atoms with Crippen LogP contribution in [0, 0.1) is 17.0 Å². The maximum absolute atomic E-state index is 14.2. The van der Waals surface area contributed by atoms with E-state index in [0.29, 0.717) is 5.56 Å². The third-order valence-electron chi connectivity index (χ3n) is 3.92. The molecule has 1 aromatic rings. The maximum Gasteiger partial charge on any atom is 0.128 e. The van der Waals surface area contributed by atoms with Crippen molar-refractivity contribution in [2.75, 3.05) is 32.8 Å². The minimum Gasteiger partial charge on any atom is -0.396 e. The van der Waals surface area contributed by atoms with Crippen LogP contribution >= 0.6 is 0 Å². The number of halogens is 2. The fourth-order valence-corrected chi connectivity index (χ4v) is 2.86. The Hall–Kier alpha value is -1.04. The van der Waals surface area contributed by atoms with E-state index in [1.54, 1.807) is 0 Å². The molecule has 0 amide bonds. The quantitative estimate of drug-likeness (QED) is 0.887. The third-order valence-corrected chi connectivity index (χ3v) is 3.92. The van der Waals surface area contributed by atoms with Crippen LogP contribution < -0.4 is 5.32 Å². The Bertz CT molecular complexity index is 459. The van der Waals surface area contributed by atoms with E-state index in [-0.39, 0.29) is 12.6 Å². The van der Waals surface area contributed by atoms with Gasteiger partial charge in [0.1, 0.15) is 11.6 Å². The fourth-order valence-electron chi connectivity index (χ4n) is 2.86. The molecule has 20 heavy (non-hydrogen) atoms. The molecule has 1 aliphatic heterocycles. The van der Waals surface area contributed by atoms with Crippen molar-refractivity contribution in [2.45, 2.75) is 19.9 Å². The molecule has 0 radical (unpaired) electrons. The van der Waals surface area contributed by atoms with E-state index < -0.39 is 17.0 Å². The van der Waals surface area contributed by atoms with Gasteiger partial charge < -0.3 is 10.4 Å². The van der Waals surface area contributed by atoms with E-state index in [4.69, 9.17) is 0 Å². The number of rotatable bonds is 4. The van der Waals surface area contributed by atoms with Crippen LogP contribution in [0.25, 0.3) is 0 Å². The second kappa shape index (κ2) is 6.16. The third kappa shape index (κ3) is 3.16. The first kappa shape index (κ1) is 15.4. The number of benzene rings is 1. The summed E-state index contributed by atoms with van der Waals surface area (Å²) in [6, 6.07) is 3.19. The van der Waals surface area contributed by atoms with Crippen molar-refractivity contribution in [3.8, 4) is 0 Å². The highest BCUT2D eigenvalue weighted by Crippen LogP contribution is 2.39. The first-order valence-corrected chi connectivity index (χ1v) is 6.96. The molecule has 1 heterocycles. The number of piperazine rings is 1. The smallest absolute Gasteiger partial charge is 0.128 e. The van der Waals surface area contributed by atoms with Crippen molar-refractivity contribution in [1.29, 1.82) is 0 Å². The highest BCUT2D eigenvalue weighted by atomic mass is 19.1. The minimum absolute atomic E-state index is 0.0858. The largest absolute Gasteiger partial charge is 0.396 e. The van der Waals surface area contributed by atoms with Crippen molar-refractivity contribution >= 4 is 0 Å². The van der Waals surface area contributed by atoms with Gasteiger partial charge in [-0.2, -0.15) is 0 Å². The molecule has 2 N–H and O–H groups in total. The molecule has 112 valence electrons. The van der Waals surface area contributed by atoms with Gasteiger partial charge in [0.25, 0.3) is 0 Å². The Kier molecular flexibility index (Phi) is 4.73. The van der Waals surface area contributed by atoms with Crippen LogP contribution in [-0.2, 0) is 0 Å². The number of hydrogen-bond donors (Lipinski definition) is 2. The lowest BCUT2D eigenvalue weighted by atomic mass is 9.79. The summed E-state index contributed by atoms with van der Waals surface area (Å²) in [6.07, 6.45) is 0. The normalized spacial score (nSPS) is 19.1. The first-order chi connectivity index (χ1) is 9.45. The average Bonchev–Trinajstić information content (AvgIpc) is 2.44. The molecule has 1 saturated heterocycles. The zero-order valence-corrected chi connectivity index (χ0v) is 12.0. The Labute approximate surface area is 118 Å². The van der Waals surface area contributed by atoms with Gasteiger partial charge in [-0.1, -0.05) is 13.8 Å². The SMILES string of the molecule is CC(C)(CO)[C@@H](c1cc(F)ccc1F)N1CCNCC1.